The van der Waals surface area contributed by atoms with Gasteiger partial charge in [0, 0.05) is 31.1 Å². The molecule has 4 heteroatoms. The Morgan fingerprint density at radius 3 is 3.21 bits per heavy atom. The summed E-state index contributed by atoms with van der Waals surface area (Å²) >= 11 is 1.94. The Kier molecular flexibility index (Phi) is 4.37. The number of rotatable bonds is 3. The van der Waals surface area contributed by atoms with Gasteiger partial charge in [0.05, 0.1) is 0 Å². The smallest absolute Gasteiger partial charge is 0.157 e. The van der Waals surface area contributed by atoms with Gasteiger partial charge in [-0.3, -0.25) is 4.99 Å². The van der Waals surface area contributed by atoms with E-state index in [1.807, 2.05) is 11.8 Å². The molecule has 19 heavy (non-hydrogen) atoms. The topological polar surface area (TPSA) is 33.6 Å². The average Bonchev–Trinajstić information content (AvgIpc) is 3.00. The van der Waals surface area contributed by atoms with Crippen molar-refractivity contribution in [3.05, 3.63) is 0 Å². The third-order valence-electron chi connectivity index (χ3n) is 4.77. The van der Waals surface area contributed by atoms with Crippen LogP contribution in [0.25, 0.3) is 0 Å². The molecular formula is C15H26N2OS. The van der Waals surface area contributed by atoms with Gasteiger partial charge < -0.3 is 10.1 Å². The number of thioether (sulfide) groups is 1. The number of amidine groups is 1. The highest BCUT2D eigenvalue weighted by atomic mass is 32.2. The van der Waals surface area contributed by atoms with E-state index in [0.717, 1.165) is 31.6 Å². The molecule has 3 aliphatic rings. The molecule has 0 amide bonds. The summed E-state index contributed by atoms with van der Waals surface area (Å²) in [6.07, 6.45) is 7.86. The predicted octanol–water partition coefficient (Wildman–Crippen LogP) is 3.05. The van der Waals surface area contributed by atoms with E-state index in [1.54, 1.807) is 0 Å². The molecule has 0 bridgehead atoms. The van der Waals surface area contributed by atoms with Crippen molar-refractivity contribution >= 4 is 16.9 Å². The van der Waals surface area contributed by atoms with E-state index in [-0.39, 0.29) is 0 Å². The Labute approximate surface area is 121 Å². The number of aliphatic imine (C=N–C) groups is 1. The number of ether oxygens (including phenoxy) is 1. The van der Waals surface area contributed by atoms with E-state index in [2.05, 4.69) is 12.2 Å². The van der Waals surface area contributed by atoms with Crippen molar-refractivity contribution < 1.29 is 4.74 Å². The van der Waals surface area contributed by atoms with Crippen LogP contribution in [0.1, 0.15) is 45.4 Å². The molecule has 2 heterocycles. The molecule has 2 aliphatic heterocycles. The van der Waals surface area contributed by atoms with Gasteiger partial charge >= 0.3 is 0 Å². The lowest BCUT2D eigenvalue weighted by atomic mass is 9.78. The lowest BCUT2D eigenvalue weighted by Crippen LogP contribution is -2.47. The van der Waals surface area contributed by atoms with Crippen molar-refractivity contribution in [2.45, 2.75) is 51.0 Å². The normalized spacial score (nSPS) is 41.0. The Hall–Kier alpha value is -0.220. The maximum absolute atomic E-state index is 5.41. The van der Waals surface area contributed by atoms with Crippen LogP contribution < -0.4 is 5.32 Å². The van der Waals surface area contributed by atoms with Crippen LogP contribution in [0, 0.1) is 11.8 Å². The maximum Gasteiger partial charge on any atom is 0.157 e. The summed E-state index contributed by atoms with van der Waals surface area (Å²) in [5.41, 5.74) is 0.373. The molecule has 3 nitrogen and oxygen atoms in total. The minimum absolute atomic E-state index is 0.373. The number of nitrogens with one attached hydrogen (secondary N) is 1. The first kappa shape index (κ1) is 13.7. The average molecular weight is 282 g/mol. The Morgan fingerprint density at radius 1 is 1.47 bits per heavy atom. The second-order valence-electron chi connectivity index (χ2n) is 6.60. The molecule has 0 radical (unpaired) electrons. The fraction of sp³-hybridized carbons (Fsp3) is 0.933. The summed E-state index contributed by atoms with van der Waals surface area (Å²) in [4.78, 5) is 4.77. The highest BCUT2D eigenvalue weighted by Gasteiger charge is 2.40. The summed E-state index contributed by atoms with van der Waals surface area (Å²) in [5.74, 6) is 2.85. The van der Waals surface area contributed by atoms with Crippen LogP contribution in [-0.4, -0.2) is 36.2 Å². The lowest BCUT2D eigenvalue weighted by molar-refractivity contribution is 0.184. The predicted molar refractivity (Wildman–Crippen MR) is 81.8 cm³/mol. The molecule has 3 unspecified atom stereocenters. The van der Waals surface area contributed by atoms with Gasteiger partial charge in [-0.05, 0) is 37.5 Å². The Morgan fingerprint density at radius 2 is 2.42 bits per heavy atom. The van der Waals surface area contributed by atoms with Crippen LogP contribution >= 0.6 is 11.8 Å². The summed E-state index contributed by atoms with van der Waals surface area (Å²) < 4.78 is 5.41. The second-order valence-corrected chi connectivity index (χ2v) is 7.56. The zero-order chi connectivity index (χ0) is 13.1. The fourth-order valence-corrected chi connectivity index (χ4v) is 4.87. The molecule has 0 aromatic heterocycles. The Bertz CT molecular complexity index is 341. The van der Waals surface area contributed by atoms with Crippen molar-refractivity contribution in [1.82, 2.24) is 5.32 Å². The molecule has 1 aliphatic carbocycles. The van der Waals surface area contributed by atoms with E-state index in [4.69, 9.17) is 9.73 Å². The van der Waals surface area contributed by atoms with E-state index >= 15 is 0 Å². The molecule has 0 aromatic rings. The lowest BCUT2D eigenvalue weighted by Gasteiger charge is -2.36. The standard InChI is InChI=1S/C15H26N2OS/c1-12-3-2-6-15(9-12)11-19-14(17-15)16-7-4-13-5-8-18-10-13/h12-13H,2-11H2,1H3,(H,16,17). The van der Waals surface area contributed by atoms with Gasteiger partial charge in [-0.25, -0.2) is 0 Å². The molecule has 1 spiro atoms. The van der Waals surface area contributed by atoms with E-state index < -0.39 is 0 Å². The van der Waals surface area contributed by atoms with E-state index in [9.17, 15) is 0 Å². The van der Waals surface area contributed by atoms with Gasteiger partial charge in [0.2, 0.25) is 0 Å². The summed E-state index contributed by atoms with van der Waals surface area (Å²) in [6, 6.07) is 0. The largest absolute Gasteiger partial charge is 0.381 e. The van der Waals surface area contributed by atoms with Crippen LogP contribution in [0.2, 0.25) is 0 Å². The molecule has 1 N–H and O–H groups in total. The van der Waals surface area contributed by atoms with Gasteiger partial charge in [-0.15, -0.1) is 0 Å². The molecule has 1 saturated carbocycles. The zero-order valence-electron chi connectivity index (χ0n) is 12.0. The minimum atomic E-state index is 0.373. The number of hydrogen-bond donors (Lipinski definition) is 1. The van der Waals surface area contributed by atoms with Crippen molar-refractivity contribution in [2.75, 3.05) is 25.5 Å². The van der Waals surface area contributed by atoms with Gasteiger partial charge in [0.25, 0.3) is 0 Å². The first-order valence-corrected chi connectivity index (χ1v) is 8.77. The van der Waals surface area contributed by atoms with Crippen molar-refractivity contribution in [2.24, 2.45) is 16.8 Å². The molecule has 3 rings (SSSR count). The maximum atomic E-state index is 5.41. The van der Waals surface area contributed by atoms with Crippen LogP contribution in [0.4, 0.5) is 0 Å². The summed E-state index contributed by atoms with van der Waals surface area (Å²) in [5, 5.41) is 4.95. The second kappa shape index (κ2) is 6.04. The summed E-state index contributed by atoms with van der Waals surface area (Å²) in [7, 11) is 0. The number of nitrogens with zero attached hydrogens (tertiary/aromatic N) is 1. The molecule has 0 aromatic carbocycles. The van der Waals surface area contributed by atoms with Crippen molar-refractivity contribution in [3.8, 4) is 0 Å². The van der Waals surface area contributed by atoms with Crippen LogP contribution in [0.15, 0.2) is 4.99 Å². The van der Waals surface area contributed by atoms with Crippen LogP contribution in [-0.2, 0) is 4.74 Å². The Balaban J connectivity index is 1.47. The zero-order valence-corrected chi connectivity index (χ0v) is 12.8. The first-order valence-electron chi connectivity index (χ1n) is 7.79. The third-order valence-corrected chi connectivity index (χ3v) is 5.97. The van der Waals surface area contributed by atoms with Crippen LogP contribution in [0.3, 0.4) is 0 Å². The highest BCUT2D eigenvalue weighted by Crippen LogP contribution is 2.38. The van der Waals surface area contributed by atoms with Gasteiger partial charge in [-0.2, -0.15) is 0 Å². The molecule has 2 saturated heterocycles. The van der Waals surface area contributed by atoms with Crippen LogP contribution in [0.5, 0.6) is 0 Å². The summed E-state index contributed by atoms with van der Waals surface area (Å²) in [6.45, 7) is 5.26. The number of hydrogen-bond acceptors (Lipinski definition) is 3. The van der Waals surface area contributed by atoms with E-state index in [1.165, 1.54) is 49.4 Å². The molecule has 108 valence electrons. The molecule has 3 atom stereocenters. The van der Waals surface area contributed by atoms with E-state index in [0.29, 0.717) is 5.54 Å². The van der Waals surface area contributed by atoms with Gasteiger partial charge in [0.1, 0.15) is 0 Å². The van der Waals surface area contributed by atoms with Gasteiger partial charge in [0.15, 0.2) is 5.17 Å². The minimum Gasteiger partial charge on any atom is -0.381 e. The molecular weight excluding hydrogens is 256 g/mol. The van der Waals surface area contributed by atoms with Crippen molar-refractivity contribution in [3.63, 3.8) is 0 Å². The highest BCUT2D eigenvalue weighted by molar-refractivity contribution is 8.14. The molecule has 3 fully saturated rings. The van der Waals surface area contributed by atoms with Crippen molar-refractivity contribution in [1.29, 1.82) is 0 Å². The quantitative estimate of drug-likeness (QED) is 0.864. The first-order chi connectivity index (χ1) is 9.26. The monoisotopic (exact) mass is 282 g/mol. The fourth-order valence-electron chi connectivity index (χ4n) is 3.66. The third kappa shape index (κ3) is 3.46. The van der Waals surface area contributed by atoms with Gasteiger partial charge in [-0.1, -0.05) is 31.5 Å². The SMILES string of the molecule is CC1CCCC2(CSC(=NCCC3CCOC3)N2)C1.